The molecule has 5 nitrogen and oxygen atoms in total. The zero-order valence-electron chi connectivity index (χ0n) is 17.5. The van der Waals surface area contributed by atoms with Crippen molar-refractivity contribution < 1.29 is 9.84 Å². The van der Waals surface area contributed by atoms with E-state index >= 15 is 0 Å². The first-order chi connectivity index (χ1) is 14.0. The lowest BCUT2D eigenvalue weighted by molar-refractivity contribution is 0.293. The average molecular weight is 392 g/mol. The van der Waals surface area contributed by atoms with E-state index in [9.17, 15) is 9.90 Å². The van der Waals surface area contributed by atoms with Crippen molar-refractivity contribution in [3.63, 3.8) is 0 Å². The fourth-order valence-corrected chi connectivity index (χ4v) is 3.68. The van der Waals surface area contributed by atoms with Crippen molar-refractivity contribution in [2.45, 2.75) is 47.1 Å². The van der Waals surface area contributed by atoms with E-state index in [1.807, 2.05) is 44.2 Å². The lowest BCUT2D eigenvalue weighted by Gasteiger charge is -2.18. The normalized spacial score (nSPS) is 10.9. The molecule has 0 atom stereocenters. The van der Waals surface area contributed by atoms with Crippen LogP contribution < -0.4 is 10.3 Å². The molecule has 0 unspecified atom stereocenters. The second-order valence-corrected chi connectivity index (χ2v) is 7.08. The molecular formula is C24H28N2O3. The molecule has 1 aromatic heterocycles. The summed E-state index contributed by atoms with van der Waals surface area (Å²) in [5, 5.41) is 15.3. The van der Waals surface area contributed by atoms with Crippen LogP contribution in [0.3, 0.4) is 0 Å². The summed E-state index contributed by atoms with van der Waals surface area (Å²) in [7, 11) is 0. The number of nitrogens with zero attached hydrogens (tertiary/aromatic N) is 2. The number of hydrogen-bond donors (Lipinski definition) is 1. The highest BCUT2D eigenvalue weighted by atomic mass is 16.5. The molecule has 0 saturated heterocycles. The van der Waals surface area contributed by atoms with Gasteiger partial charge in [-0.2, -0.15) is 0 Å². The van der Waals surface area contributed by atoms with E-state index in [2.05, 4.69) is 31.1 Å². The maximum absolute atomic E-state index is 13.5. The number of hydrogen-bond acceptors (Lipinski definition) is 4. The SMILES string of the molecule is CCOc1nn(Cc2ccccc2)c(=O)c(-c2c(CC)cc(C)cc2CC)c1O. The Hall–Kier alpha value is -3.08. The Kier molecular flexibility index (Phi) is 6.37. The van der Waals surface area contributed by atoms with Gasteiger partial charge in [0, 0.05) is 0 Å². The highest BCUT2D eigenvalue weighted by molar-refractivity contribution is 5.77. The number of rotatable bonds is 7. The van der Waals surface area contributed by atoms with E-state index in [0.717, 1.165) is 40.7 Å². The van der Waals surface area contributed by atoms with Gasteiger partial charge in [0.05, 0.1) is 18.7 Å². The molecule has 1 heterocycles. The van der Waals surface area contributed by atoms with Gasteiger partial charge in [-0.1, -0.05) is 61.9 Å². The van der Waals surface area contributed by atoms with E-state index in [1.165, 1.54) is 4.68 Å². The van der Waals surface area contributed by atoms with Gasteiger partial charge in [-0.3, -0.25) is 4.79 Å². The van der Waals surface area contributed by atoms with Gasteiger partial charge in [0.1, 0.15) is 0 Å². The first kappa shape index (κ1) is 20.6. The molecule has 0 aliphatic heterocycles. The van der Waals surface area contributed by atoms with Gasteiger partial charge in [-0.15, -0.1) is 5.10 Å². The summed E-state index contributed by atoms with van der Waals surface area (Å²) < 4.78 is 6.97. The zero-order chi connectivity index (χ0) is 21.0. The molecule has 3 aromatic rings. The lowest BCUT2D eigenvalue weighted by atomic mass is 9.90. The standard InChI is InChI=1S/C24H28N2O3/c1-5-18-13-16(4)14-19(6-2)20(18)21-22(27)23(29-7-3)25-26(24(21)28)15-17-11-9-8-10-12-17/h8-14,27H,5-7,15H2,1-4H3. The summed E-state index contributed by atoms with van der Waals surface area (Å²) in [5.74, 6) is -0.0999. The summed E-state index contributed by atoms with van der Waals surface area (Å²) >= 11 is 0. The van der Waals surface area contributed by atoms with Gasteiger partial charge in [-0.05, 0) is 48.9 Å². The van der Waals surface area contributed by atoms with Crippen LogP contribution in [0.4, 0.5) is 0 Å². The Balaban J connectivity index is 2.30. The molecule has 1 N–H and O–H groups in total. The molecule has 0 saturated carbocycles. The highest BCUT2D eigenvalue weighted by Gasteiger charge is 2.23. The number of aromatic nitrogens is 2. The molecule has 0 aliphatic carbocycles. The summed E-state index contributed by atoms with van der Waals surface area (Å²) in [5.41, 5.74) is 4.93. The third-order valence-corrected chi connectivity index (χ3v) is 5.01. The largest absolute Gasteiger partial charge is 0.502 e. The number of ether oxygens (including phenoxy) is 1. The van der Waals surface area contributed by atoms with Crippen LogP contribution >= 0.6 is 0 Å². The first-order valence-electron chi connectivity index (χ1n) is 10.1. The monoisotopic (exact) mass is 392 g/mol. The fraction of sp³-hybridized carbons (Fsp3) is 0.333. The smallest absolute Gasteiger partial charge is 0.279 e. The van der Waals surface area contributed by atoms with Gasteiger partial charge < -0.3 is 9.84 Å². The third kappa shape index (κ3) is 4.19. The van der Waals surface area contributed by atoms with Crippen molar-refractivity contribution in [2.24, 2.45) is 0 Å². The predicted octanol–water partition coefficient (Wildman–Crippen LogP) is 4.50. The van der Waals surface area contributed by atoms with Crippen LogP contribution in [-0.2, 0) is 19.4 Å². The second-order valence-electron chi connectivity index (χ2n) is 7.08. The molecule has 0 spiro atoms. The van der Waals surface area contributed by atoms with Gasteiger partial charge >= 0.3 is 0 Å². The molecule has 0 bridgehead atoms. The van der Waals surface area contributed by atoms with Crippen LogP contribution in [0.15, 0.2) is 47.3 Å². The predicted molar refractivity (Wildman–Crippen MR) is 116 cm³/mol. The lowest BCUT2D eigenvalue weighted by Crippen LogP contribution is -2.26. The van der Waals surface area contributed by atoms with Gasteiger partial charge in [-0.25, -0.2) is 4.68 Å². The number of aryl methyl sites for hydroxylation is 3. The van der Waals surface area contributed by atoms with E-state index in [4.69, 9.17) is 4.74 Å². The summed E-state index contributed by atoms with van der Waals surface area (Å²) in [6, 6.07) is 13.8. The number of aromatic hydroxyl groups is 1. The summed E-state index contributed by atoms with van der Waals surface area (Å²) in [4.78, 5) is 13.5. The molecule has 152 valence electrons. The molecule has 0 fully saturated rings. The van der Waals surface area contributed by atoms with Crippen molar-refractivity contribution >= 4 is 0 Å². The van der Waals surface area contributed by atoms with Crippen LogP contribution in [0.25, 0.3) is 11.1 Å². The maximum Gasteiger partial charge on any atom is 0.279 e. The van der Waals surface area contributed by atoms with Crippen LogP contribution in [0.1, 0.15) is 43.0 Å². The van der Waals surface area contributed by atoms with Crippen molar-refractivity contribution in [1.82, 2.24) is 9.78 Å². The molecule has 0 aliphatic rings. The summed E-state index contributed by atoms with van der Waals surface area (Å²) in [6.07, 6.45) is 1.52. The molecule has 0 radical (unpaired) electrons. The molecule has 0 amide bonds. The maximum atomic E-state index is 13.5. The minimum Gasteiger partial charge on any atom is -0.502 e. The molecular weight excluding hydrogens is 364 g/mol. The Labute approximate surface area is 171 Å². The van der Waals surface area contributed by atoms with Gasteiger partial charge in [0.2, 0.25) is 0 Å². The molecule has 5 heteroatoms. The Morgan fingerprint density at radius 2 is 1.62 bits per heavy atom. The highest BCUT2D eigenvalue weighted by Crippen LogP contribution is 2.37. The van der Waals surface area contributed by atoms with Crippen LogP contribution in [0.2, 0.25) is 0 Å². The van der Waals surface area contributed by atoms with Crippen LogP contribution in [0.5, 0.6) is 11.6 Å². The average Bonchev–Trinajstić information content (AvgIpc) is 2.73. The first-order valence-corrected chi connectivity index (χ1v) is 10.1. The van der Waals surface area contributed by atoms with Crippen molar-refractivity contribution in [1.29, 1.82) is 0 Å². The van der Waals surface area contributed by atoms with Crippen LogP contribution in [-0.4, -0.2) is 21.5 Å². The van der Waals surface area contributed by atoms with Gasteiger partial charge in [0.25, 0.3) is 11.4 Å². The van der Waals surface area contributed by atoms with Gasteiger partial charge in [0.15, 0.2) is 5.75 Å². The summed E-state index contributed by atoms with van der Waals surface area (Å²) in [6.45, 7) is 8.65. The van der Waals surface area contributed by atoms with Crippen molar-refractivity contribution in [2.75, 3.05) is 6.61 Å². The van der Waals surface area contributed by atoms with E-state index in [1.54, 1.807) is 0 Å². The molecule has 3 rings (SSSR count). The minimum absolute atomic E-state index is 0.0858. The van der Waals surface area contributed by atoms with E-state index < -0.39 is 0 Å². The zero-order valence-corrected chi connectivity index (χ0v) is 17.5. The molecule has 2 aromatic carbocycles. The minimum atomic E-state index is -0.317. The van der Waals surface area contributed by atoms with Crippen molar-refractivity contribution in [3.8, 4) is 22.8 Å². The topological polar surface area (TPSA) is 64.4 Å². The van der Waals surface area contributed by atoms with E-state index in [-0.39, 0.29) is 22.8 Å². The third-order valence-electron chi connectivity index (χ3n) is 5.01. The molecule has 29 heavy (non-hydrogen) atoms. The second kappa shape index (κ2) is 8.95. The van der Waals surface area contributed by atoms with E-state index in [0.29, 0.717) is 13.2 Å². The number of benzene rings is 2. The van der Waals surface area contributed by atoms with Crippen LogP contribution in [0, 0.1) is 6.92 Å². The fourth-order valence-electron chi connectivity index (χ4n) is 3.68. The Bertz CT molecular complexity index is 1030. The Morgan fingerprint density at radius 3 is 2.17 bits per heavy atom. The Morgan fingerprint density at radius 1 is 1.00 bits per heavy atom. The quantitative estimate of drug-likeness (QED) is 0.643. The van der Waals surface area contributed by atoms with Crippen molar-refractivity contribution in [3.05, 3.63) is 75.1 Å².